The summed E-state index contributed by atoms with van der Waals surface area (Å²) >= 11 is 3.44. The molecule has 1 atom stereocenters. The quantitative estimate of drug-likeness (QED) is 0.897. The number of rotatable bonds is 5. The average Bonchev–Trinajstić information content (AvgIpc) is 2.97. The molecule has 1 fully saturated rings. The van der Waals surface area contributed by atoms with Crippen LogP contribution >= 0.6 is 15.9 Å². The fourth-order valence-corrected chi connectivity index (χ4v) is 3.22. The van der Waals surface area contributed by atoms with Crippen molar-refractivity contribution in [3.8, 4) is 0 Å². The third-order valence-corrected chi connectivity index (χ3v) is 4.39. The van der Waals surface area contributed by atoms with Gasteiger partial charge in [0.1, 0.15) is 5.52 Å². The number of hydrogen-bond acceptors (Lipinski definition) is 4. The number of likely N-dealkylation sites (tertiary alicyclic amines) is 1. The van der Waals surface area contributed by atoms with Crippen LogP contribution in [0.3, 0.4) is 0 Å². The zero-order chi connectivity index (χ0) is 14.7. The van der Waals surface area contributed by atoms with Gasteiger partial charge in [0.2, 0.25) is 0 Å². The van der Waals surface area contributed by atoms with Gasteiger partial charge in [0.05, 0.1) is 11.2 Å². The van der Waals surface area contributed by atoms with E-state index < -0.39 is 0 Å². The lowest BCUT2D eigenvalue weighted by molar-refractivity contribution is 0.294. The van der Waals surface area contributed by atoms with E-state index >= 15 is 0 Å². The highest BCUT2D eigenvalue weighted by Crippen LogP contribution is 2.22. The van der Waals surface area contributed by atoms with Crippen LogP contribution in [0.5, 0.6) is 0 Å². The summed E-state index contributed by atoms with van der Waals surface area (Å²) < 4.78 is 0.960. The topological polar surface area (TPSA) is 41.1 Å². The van der Waals surface area contributed by atoms with Crippen LogP contribution in [-0.4, -0.2) is 41.0 Å². The van der Waals surface area contributed by atoms with Crippen molar-refractivity contribution in [3.63, 3.8) is 0 Å². The summed E-state index contributed by atoms with van der Waals surface area (Å²) in [5.74, 6) is 0.627. The number of fused-ring (bicyclic) bond motifs is 1. The third-order valence-electron chi connectivity index (χ3n) is 3.95. The predicted octanol–water partition coefficient (Wildman–Crippen LogP) is 3.54. The van der Waals surface area contributed by atoms with E-state index in [4.69, 9.17) is 0 Å². The first-order valence-electron chi connectivity index (χ1n) is 7.59. The highest BCUT2D eigenvalue weighted by Gasteiger charge is 2.14. The monoisotopic (exact) mass is 348 g/mol. The van der Waals surface area contributed by atoms with E-state index in [1.165, 1.54) is 32.5 Å². The van der Waals surface area contributed by atoms with Gasteiger partial charge < -0.3 is 10.2 Å². The maximum absolute atomic E-state index is 4.48. The number of pyridine rings is 2. The first kappa shape index (κ1) is 14.7. The Morgan fingerprint density at radius 3 is 2.95 bits per heavy atom. The van der Waals surface area contributed by atoms with E-state index in [0.717, 1.165) is 27.7 Å². The summed E-state index contributed by atoms with van der Waals surface area (Å²) in [5, 5.41) is 3.54. The van der Waals surface area contributed by atoms with Gasteiger partial charge in [-0.15, -0.1) is 0 Å². The van der Waals surface area contributed by atoms with E-state index in [2.05, 4.69) is 43.0 Å². The predicted molar refractivity (Wildman–Crippen MR) is 90.6 cm³/mol. The molecule has 0 spiro atoms. The Morgan fingerprint density at radius 2 is 2.14 bits per heavy atom. The summed E-state index contributed by atoms with van der Waals surface area (Å²) in [7, 11) is 0. The number of anilines is 1. The van der Waals surface area contributed by atoms with Gasteiger partial charge in [-0.2, -0.15) is 0 Å². The molecule has 1 unspecified atom stereocenters. The van der Waals surface area contributed by atoms with Crippen molar-refractivity contribution in [1.29, 1.82) is 0 Å². The molecule has 4 nitrogen and oxygen atoms in total. The Bertz CT molecular complexity index is 610. The van der Waals surface area contributed by atoms with Gasteiger partial charge in [0, 0.05) is 30.0 Å². The van der Waals surface area contributed by atoms with Gasteiger partial charge in [-0.3, -0.25) is 9.97 Å². The van der Waals surface area contributed by atoms with Crippen LogP contribution < -0.4 is 5.32 Å². The Morgan fingerprint density at radius 1 is 1.33 bits per heavy atom. The Kier molecular flexibility index (Phi) is 4.70. The van der Waals surface area contributed by atoms with Crippen molar-refractivity contribution < 1.29 is 0 Å². The number of halogens is 1. The van der Waals surface area contributed by atoms with Gasteiger partial charge in [0.25, 0.3) is 0 Å². The zero-order valence-corrected chi connectivity index (χ0v) is 13.9. The van der Waals surface area contributed by atoms with Crippen molar-refractivity contribution in [1.82, 2.24) is 14.9 Å². The maximum Gasteiger partial charge on any atom is 0.112 e. The fourth-order valence-electron chi connectivity index (χ4n) is 2.90. The Hall–Kier alpha value is -1.20. The van der Waals surface area contributed by atoms with Crippen LogP contribution in [0.1, 0.15) is 19.8 Å². The van der Waals surface area contributed by atoms with Gasteiger partial charge >= 0.3 is 0 Å². The molecular formula is C16H21BrN4. The van der Waals surface area contributed by atoms with Crippen LogP contribution in [0.25, 0.3) is 11.0 Å². The summed E-state index contributed by atoms with van der Waals surface area (Å²) in [6, 6.07) is 4.01. The average molecular weight is 349 g/mol. The van der Waals surface area contributed by atoms with E-state index in [1.807, 2.05) is 24.5 Å². The molecule has 0 amide bonds. The number of nitrogens with one attached hydrogen (secondary N) is 1. The molecule has 21 heavy (non-hydrogen) atoms. The first-order chi connectivity index (χ1) is 10.2. The van der Waals surface area contributed by atoms with Crippen LogP contribution in [0, 0.1) is 5.92 Å². The van der Waals surface area contributed by atoms with E-state index in [9.17, 15) is 0 Å². The fraction of sp³-hybridized carbons (Fsp3) is 0.500. The summed E-state index contributed by atoms with van der Waals surface area (Å²) in [6.07, 6.45) is 6.37. The molecule has 1 aliphatic rings. The molecular weight excluding hydrogens is 328 g/mol. The van der Waals surface area contributed by atoms with Gasteiger partial charge in [-0.05, 0) is 59.9 Å². The molecule has 1 aliphatic heterocycles. The highest BCUT2D eigenvalue weighted by atomic mass is 79.9. The molecule has 0 saturated carbocycles. The largest absolute Gasteiger partial charge is 0.383 e. The molecule has 0 radical (unpaired) electrons. The normalized spacial score (nSPS) is 17.2. The molecule has 1 saturated heterocycles. The second-order valence-corrected chi connectivity index (χ2v) is 6.79. The molecule has 3 rings (SSSR count). The molecule has 0 aromatic carbocycles. The van der Waals surface area contributed by atoms with E-state index in [1.54, 1.807) is 0 Å². The van der Waals surface area contributed by atoms with Crippen LogP contribution in [0.15, 0.2) is 29.0 Å². The van der Waals surface area contributed by atoms with Crippen molar-refractivity contribution in [3.05, 3.63) is 29.0 Å². The number of aromatic nitrogens is 2. The smallest absolute Gasteiger partial charge is 0.112 e. The van der Waals surface area contributed by atoms with Gasteiger partial charge in [-0.1, -0.05) is 6.92 Å². The minimum Gasteiger partial charge on any atom is -0.383 e. The van der Waals surface area contributed by atoms with Crippen molar-refractivity contribution in [2.24, 2.45) is 5.92 Å². The summed E-state index contributed by atoms with van der Waals surface area (Å²) in [6.45, 7) is 6.97. The minimum absolute atomic E-state index is 0.627. The second kappa shape index (κ2) is 6.71. The molecule has 112 valence electrons. The molecule has 2 aromatic heterocycles. The molecule has 0 bridgehead atoms. The van der Waals surface area contributed by atoms with Crippen LogP contribution in [0.2, 0.25) is 0 Å². The summed E-state index contributed by atoms with van der Waals surface area (Å²) in [4.78, 5) is 11.4. The maximum atomic E-state index is 4.48. The Labute approximate surface area is 134 Å². The zero-order valence-electron chi connectivity index (χ0n) is 12.3. The lowest BCUT2D eigenvalue weighted by atomic mass is 10.1. The first-order valence-corrected chi connectivity index (χ1v) is 8.38. The SMILES string of the molecule is CC(CNc1ccnc2cc(Br)cnc12)CN1CCCC1. The lowest BCUT2D eigenvalue weighted by Gasteiger charge is -2.21. The van der Waals surface area contributed by atoms with Crippen molar-refractivity contribution in [2.75, 3.05) is 31.5 Å². The molecule has 1 N–H and O–H groups in total. The molecule has 5 heteroatoms. The molecule has 0 aliphatic carbocycles. The van der Waals surface area contributed by atoms with E-state index in [0.29, 0.717) is 5.92 Å². The van der Waals surface area contributed by atoms with Crippen molar-refractivity contribution in [2.45, 2.75) is 19.8 Å². The lowest BCUT2D eigenvalue weighted by Crippen LogP contribution is -2.28. The third kappa shape index (κ3) is 3.71. The van der Waals surface area contributed by atoms with Crippen molar-refractivity contribution >= 4 is 32.7 Å². The van der Waals surface area contributed by atoms with Crippen LogP contribution in [0.4, 0.5) is 5.69 Å². The standard InChI is InChI=1S/C16H21BrN4/c1-12(11-21-6-2-3-7-21)9-19-14-4-5-18-15-8-13(17)10-20-16(14)15/h4-5,8,10,12H,2-3,6-7,9,11H2,1H3,(H,18,19). The number of hydrogen-bond donors (Lipinski definition) is 1. The summed E-state index contributed by atoms with van der Waals surface area (Å²) in [5.41, 5.74) is 2.93. The minimum atomic E-state index is 0.627. The highest BCUT2D eigenvalue weighted by molar-refractivity contribution is 9.10. The van der Waals surface area contributed by atoms with Gasteiger partial charge in [0.15, 0.2) is 0 Å². The van der Waals surface area contributed by atoms with Gasteiger partial charge in [-0.25, -0.2) is 0 Å². The van der Waals surface area contributed by atoms with Crippen LogP contribution in [-0.2, 0) is 0 Å². The number of nitrogens with zero attached hydrogens (tertiary/aromatic N) is 3. The Balaban J connectivity index is 1.64. The van der Waals surface area contributed by atoms with E-state index in [-0.39, 0.29) is 0 Å². The molecule has 3 heterocycles. The molecule has 2 aromatic rings. The second-order valence-electron chi connectivity index (χ2n) is 5.87.